The Morgan fingerprint density at radius 3 is 2.70 bits per heavy atom. The molecular weight excluding hydrogens is 319 g/mol. The van der Waals surface area contributed by atoms with Crippen LogP contribution in [-0.2, 0) is 14.8 Å². The number of rotatable bonds is 6. The summed E-state index contributed by atoms with van der Waals surface area (Å²) in [6.07, 6.45) is 2.81. The Labute approximate surface area is 136 Å². The lowest BCUT2D eigenvalue weighted by Crippen LogP contribution is -2.40. The number of halogens is 1. The maximum Gasteiger partial charge on any atom is 0.243 e. The largest absolute Gasteiger partial charge is 0.356 e. The van der Waals surface area contributed by atoms with Crippen LogP contribution >= 0.6 is 0 Å². The smallest absolute Gasteiger partial charge is 0.243 e. The molecule has 1 aliphatic heterocycles. The molecule has 128 valence electrons. The zero-order chi connectivity index (χ0) is 16.9. The van der Waals surface area contributed by atoms with Gasteiger partial charge in [0.25, 0.3) is 0 Å². The van der Waals surface area contributed by atoms with Crippen molar-refractivity contribution in [1.82, 2.24) is 9.62 Å². The van der Waals surface area contributed by atoms with Crippen LogP contribution in [-0.4, -0.2) is 38.3 Å². The van der Waals surface area contributed by atoms with E-state index in [-0.39, 0.29) is 16.7 Å². The van der Waals surface area contributed by atoms with Gasteiger partial charge in [-0.25, -0.2) is 12.8 Å². The number of benzene rings is 1. The number of nitrogens with one attached hydrogen (secondary N) is 1. The van der Waals surface area contributed by atoms with E-state index < -0.39 is 15.8 Å². The Kier molecular flexibility index (Phi) is 6.12. The number of nitrogens with zero attached hydrogens (tertiary/aromatic N) is 1. The van der Waals surface area contributed by atoms with Crippen LogP contribution in [0.1, 0.15) is 32.6 Å². The summed E-state index contributed by atoms with van der Waals surface area (Å²) in [5.74, 6) is -0.269. The molecule has 0 aromatic heterocycles. The first-order valence-electron chi connectivity index (χ1n) is 7.96. The fourth-order valence-electron chi connectivity index (χ4n) is 2.86. The maximum absolute atomic E-state index is 13.0. The molecule has 1 atom stereocenters. The second kappa shape index (κ2) is 7.88. The van der Waals surface area contributed by atoms with Gasteiger partial charge in [-0.2, -0.15) is 4.31 Å². The van der Waals surface area contributed by atoms with Crippen molar-refractivity contribution in [3.8, 4) is 0 Å². The molecule has 1 aliphatic rings. The molecular formula is C16H23FN2O3S. The van der Waals surface area contributed by atoms with E-state index in [4.69, 9.17) is 0 Å². The highest BCUT2D eigenvalue weighted by Crippen LogP contribution is 2.26. The number of hydrogen-bond donors (Lipinski definition) is 1. The molecule has 1 amide bonds. The van der Waals surface area contributed by atoms with Crippen LogP contribution in [0.3, 0.4) is 0 Å². The lowest BCUT2D eigenvalue weighted by molar-refractivity contribution is -0.121. The number of piperidine rings is 1. The van der Waals surface area contributed by atoms with E-state index in [9.17, 15) is 17.6 Å². The fraction of sp³-hybridized carbons (Fsp3) is 0.562. The molecule has 5 nitrogen and oxygen atoms in total. The fourth-order valence-corrected chi connectivity index (χ4v) is 4.41. The van der Waals surface area contributed by atoms with Crippen molar-refractivity contribution in [1.29, 1.82) is 0 Å². The van der Waals surface area contributed by atoms with Crippen LogP contribution in [0.25, 0.3) is 0 Å². The van der Waals surface area contributed by atoms with Gasteiger partial charge in [-0.1, -0.05) is 0 Å². The van der Waals surface area contributed by atoms with E-state index in [1.165, 1.54) is 16.4 Å². The standard InChI is InChI=1S/C16H23FN2O3S/c1-2-18-16(20)10-5-13-4-3-11-19(12-13)23(21,22)15-8-6-14(17)7-9-15/h6-9,13H,2-5,10-12H2,1H3,(H,18,20). The first-order chi connectivity index (χ1) is 10.9. The van der Waals surface area contributed by atoms with Crippen LogP contribution in [0, 0.1) is 11.7 Å². The highest BCUT2D eigenvalue weighted by atomic mass is 32.2. The Balaban J connectivity index is 1.99. The van der Waals surface area contributed by atoms with Crippen LogP contribution in [0.2, 0.25) is 0 Å². The van der Waals surface area contributed by atoms with Crippen LogP contribution in [0.15, 0.2) is 29.2 Å². The maximum atomic E-state index is 13.0. The van der Waals surface area contributed by atoms with E-state index in [2.05, 4.69) is 5.32 Å². The van der Waals surface area contributed by atoms with Crippen molar-refractivity contribution in [2.75, 3.05) is 19.6 Å². The van der Waals surface area contributed by atoms with E-state index >= 15 is 0 Å². The van der Waals surface area contributed by atoms with E-state index in [0.29, 0.717) is 32.5 Å². The molecule has 0 bridgehead atoms. The summed E-state index contributed by atoms with van der Waals surface area (Å²) in [7, 11) is -3.59. The highest BCUT2D eigenvalue weighted by Gasteiger charge is 2.30. The van der Waals surface area contributed by atoms with E-state index in [1.54, 1.807) is 0 Å². The summed E-state index contributed by atoms with van der Waals surface area (Å²) < 4.78 is 39.6. The third kappa shape index (κ3) is 4.75. The van der Waals surface area contributed by atoms with E-state index in [1.807, 2.05) is 6.92 Å². The minimum Gasteiger partial charge on any atom is -0.356 e. The van der Waals surface area contributed by atoms with Gasteiger partial charge < -0.3 is 5.32 Å². The summed E-state index contributed by atoms with van der Waals surface area (Å²) >= 11 is 0. The molecule has 1 saturated heterocycles. The number of carbonyl (C=O) groups is 1. The van der Waals surface area contributed by atoms with Crippen LogP contribution < -0.4 is 5.32 Å². The molecule has 1 aromatic carbocycles. The van der Waals surface area contributed by atoms with Gasteiger partial charge in [-0.05, 0) is 56.4 Å². The molecule has 0 radical (unpaired) electrons. The molecule has 0 aliphatic carbocycles. The second-order valence-corrected chi connectivity index (χ2v) is 7.76. The Morgan fingerprint density at radius 2 is 2.04 bits per heavy atom. The molecule has 0 saturated carbocycles. The van der Waals surface area contributed by atoms with Crippen LogP contribution in [0.4, 0.5) is 4.39 Å². The summed E-state index contributed by atoms with van der Waals surface area (Å²) in [5.41, 5.74) is 0. The van der Waals surface area contributed by atoms with Crippen molar-refractivity contribution in [3.63, 3.8) is 0 Å². The van der Waals surface area contributed by atoms with Gasteiger partial charge in [0, 0.05) is 26.1 Å². The van der Waals surface area contributed by atoms with Crippen molar-refractivity contribution < 1.29 is 17.6 Å². The molecule has 1 aromatic rings. The Hall–Kier alpha value is -1.47. The van der Waals surface area contributed by atoms with Gasteiger partial charge in [0.05, 0.1) is 4.90 Å². The van der Waals surface area contributed by atoms with Crippen molar-refractivity contribution in [3.05, 3.63) is 30.1 Å². The van der Waals surface area contributed by atoms with Gasteiger partial charge in [0.2, 0.25) is 15.9 Å². The first-order valence-corrected chi connectivity index (χ1v) is 9.40. The Morgan fingerprint density at radius 1 is 1.35 bits per heavy atom. The number of sulfonamides is 1. The summed E-state index contributed by atoms with van der Waals surface area (Å²) in [4.78, 5) is 11.7. The van der Waals surface area contributed by atoms with Crippen molar-refractivity contribution >= 4 is 15.9 Å². The average molecular weight is 342 g/mol. The highest BCUT2D eigenvalue weighted by molar-refractivity contribution is 7.89. The molecule has 23 heavy (non-hydrogen) atoms. The molecule has 7 heteroatoms. The average Bonchev–Trinajstić information content (AvgIpc) is 2.54. The molecule has 2 rings (SSSR count). The van der Waals surface area contributed by atoms with E-state index in [0.717, 1.165) is 25.0 Å². The van der Waals surface area contributed by atoms with Gasteiger partial charge in [0.1, 0.15) is 5.82 Å². The summed E-state index contributed by atoms with van der Waals surface area (Å²) in [6.45, 7) is 3.36. The first kappa shape index (κ1) is 17.9. The predicted octanol–water partition coefficient (Wildman–Crippen LogP) is 2.14. The Bertz CT molecular complexity index is 631. The SMILES string of the molecule is CCNC(=O)CCC1CCCN(S(=O)(=O)c2ccc(F)cc2)C1. The number of hydrogen-bond acceptors (Lipinski definition) is 3. The van der Waals surface area contributed by atoms with Gasteiger partial charge in [-0.3, -0.25) is 4.79 Å². The second-order valence-electron chi connectivity index (χ2n) is 5.82. The molecule has 1 heterocycles. The summed E-state index contributed by atoms with van der Waals surface area (Å²) in [6, 6.07) is 4.90. The molecule has 1 unspecified atom stereocenters. The molecule has 0 spiro atoms. The molecule has 1 N–H and O–H groups in total. The van der Waals surface area contributed by atoms with Crippen LogP contribution in [0.5, 0.6) is 0 Å². The third-order valence-electron chi connectivity index (χ3n) is 4.09. The minimum absolute atomic E-state index is 0.00557. The monoisotopic (exact) mass is 342 g/mol. The number of amides is 1. The number of carbonyl (C=O) groups excluding carboxylic acids is 1. The zero-order valence-corrected chi connectivity index (χ0v) is 14.1. The summed E-state index contributed by atoms with van der Waals surface area (Å²) in [5, 5.41) is 2.75. The zero-order valence-electron chi connectivity index (χ0n) is 13.3. The van der Waals surface area contributed by atoms with Crippen molar-refractivity contribution in [2.24, 2.45) is 5.92 Å². The van der Waals surface area contributed by atoms with Gasteiger partial charge >= 0.3 is 0 Å². The third-order valence-corrected chi connectivity index (χ3v) is 5.97. The minimum atomic E-state index is -3.59. The predicted molar refractivity (Wildman–Crippen MR) is 85.8 cm³/mol. The topological polar surface area (TPSA) is 66.5 Å². The lowest BCUT2D eigenvalue weighted by Gasteiger charge is -2.31. The van der Waals surface area contributed by atoms with Gasteiger partial charge in [0.15, 0.2) is 0 Å². The van der Waals surface area contributed by atoms with Crippen molar-refractivity contribution in [2.45, 2.75) is 37.5 Å². The van der Waals surface area contributed by atoms with Gasteiger partial charge in [-0.15, -0.1) is 0 Å². The quantitative estimate of drug-likeness (QED) is 0.861. The molecule has 1 fully saturated rings. The lowest BCUT2D eigenvalue weighted by atomic mass is 9.94. The normalized spacial score (nSPS) is 19.5.